The van der Waals surface area contributed by atoms with Gasteiger partial charge in [0.2, 0.25) is 0 Å². The highest BCUT2D eigenvalue weighted by molar-refractivity contribution is 9.10. The average Bonchev–Trinajstić information content (AvgIpc) is 2.65. The van der Waals surface area contributed by atoms with E-state index in [0.717, 1.165) is 29.9 Å². The molecule has 1 aliphatic heterocycles. The van der Waals surface area contributed by atoms with E-state index in [9.17, 15) is 4.39 Å². The monoisotopic (exact) mass is 339 g/mol. The fraction of sp³-hybridized carbons (Fsp3) is 0.357. The van der Waals surface area contributed by atoms with E-state index < -0.39 is 0 Å². The lowest BCUT2D eigenvalue weighted by atomic mass is 10.1. The first-order valence-corrected chi connectivity index (χ1v) is 7.22. The molecule has 3 rings (SSSR count). The van der Waals surface area contributed by atoms with E-state index in [-0.39, 0.29) is 11.9 Å². The van der Waals surface area contributed by atoms with E-state index >= 15 is 0 Å². The van der Waals surface area contributed by atoms with Crippen LogP contribution in [0, 0.1) is 5.82 Å². The van der Waals surface area contributed by atoms with Crippen LogP contribution >= 0.6 is 15.9 Å². The molecule has 1 saturated heterocycles. The van der Waals surface area contributed by atoms with Crippen LogP contribution in [-0.2, 0) is 13.6 Å². The van der Waals surface area contributed by atoms with Gasteiger partial charge in [-0.05, 0) is 34.1 Å². The summed E-state index contributed by atoms with van der Waals surface area (Å²) in [6, 6.07) is 8.29. The van der Waals surface area contributed by atoms with Gasteiger partial charge >= 0.3 is 0 Å². The first-order valence-electron chi connectivity index (χ1n) is 6.43. The minimum absolute atomic E-state index is 0.133. The number of nitrogens with zero attached hydrogens (tertiary/aromatic N) is 3. The van der Waals surface area contributed by atoms with Crippen LogP contribution in [0.3, 0.4) is 0 Å². The summed E-state index contributed by atoms with van der Waals surface area (Å²) in [7, 11) is 1.93. The number of aromatic nitrogens is 2. The number of hydrogen-bond acceptors (Lipinski definition) is 3. The number of rotatable bonds is 4. The Bertz CT molecular complexity index is 610. The molecule has 1 aliphatic rings. The fourth-order valence-electron chi connectivity index (χ4n) is 2.30. The summed E-state index contributed by atoms with van der Waals surface area (Å²) in [4.78, 5) is 2.27. The van der Waals surface area contributed by atoms with Crippen molar-refractivity contribution < 1.29 is 9.13 Å². The van der Waals surface area contributed by atoms with Crippen LogP contribution in [0.1, 0.15) is 5.69 Å². The Kier molecular flexibility index (Phi) is 3.76. The van der Waals surface area contributed by atoms with E-state index in [4.69, 9.17) is 4.74 Å². The van der Waals surface area contributed by atoms with Crippen molar-refractivity contribution in [1.82, 2.24) is 14.7 Å². The smallest absolute Gasteiger partial charge is 0.128 e. The van der Waals surface area contributed by atoms with Gasteiger partial charge in [-0.15, -0.1) is 0 Å². The number of halogens is 2. The summed E-state index contributed by atoms with van der Waals surface area (Å²) in [6.07, 6.45) is 0.133. The van der Waals surface area contributed by atoms with Crippen LogP contribution in [-0.4, -0.2) is 33.9 Å². The molecule has 6 heteroatoms. The zero-order valence-corrected chi connectivity index (χ0v) is 12.7. The van der Waals surface area contributed by atoms with Crippen LogP contribution in [0.15, 0.2) is 34.9 Å². The lowest BCUT2D eigenvalue weighted by Crippen LogP contribution is -2.53. The third kappa shape index (κ3) is 3.02. The molecule has 0 atom stereocenters. The largest absolute Gasteiger partial charge is 0.488 e. The highest BCUT2D eigenvalue weighted by Gasteiger charge is 2.29. The van der Waals surface area contributed by atoms with Gasteiger partial charge in [0.1, 0.15) is 22.3 Å². The third-order valence-electron chi connectivity index (χ3n) is 3.36. The van der Waals surface area contributed by atoms with E-state index in [1.807, 2.05) is 17.8 Å². The van der Waals surface area contributed by atoms with Gasteiger partial charge in [0.25, 0.3) is 0 Å². The van der Waals surface area contributed by atoms with Crippen LogP contribution in [0.25, 0.3) is 0 Å². The first kappa shape index (κ1) is 13.6. The molecule has 0 saturated carbocycles. The van der Waals surface area contributed by atoms with Crippen molar-refractivity contribution in [2.45, 2.75) is 12.6 Å². The van der Waals surface area contributed by atoms with Gasteiger partial charge in [-0.2, -0.15) is 5.10 Å². The molecule has 0 radical (unpaired) electrons. The topological polar surface area (TPSA) is 30.3 Å². The predicted molar refractivity (Wildman–Crippen MR) is 77.0 cm³/mol. The molecule has 1 aromatic heterocycles. The van der Waals surface area contributed by atoms with Crippen LogP contribution in [0.4, 0.5) is 4.39 Å². The lowest BCUT2D eigenvalue weighted by Gasteiger charge is -2.38. The number of ether oxygens (including phenoxy) is 1. The van der Waals surface area contributed by atoms with Gasteiger partial charge in [-0.25, -0.2) is 4.39 Å². The van der Waals surface area contributed by atoms with Crippen LogP contribution < -0.4 is 4.74 Å². The van der Waals surface area contributed by atoms with Gasteiger partial charge in [-0.3, -0.25) is 9.58 Å². The predicted octanol–water partition coefficient (Wildman–Crippen LogP) is 2.58. The van der Waals surface area contributed by atoms with Crippen LogP contribution in [0.2, 0.25) is 0 Å². The zero-order valence-electron chi connectivity index (χ0n) is 11.1. The number of benzene rings is 1. The van der Waals surface area contributed by atoms with Gasteiger partial charge in [-0.1, -0.05) is 6.07 Å². The maximum Gasteiger partial charge on any atom is 0.128 e. The molecule has 1 aromatic carbocycles. The van der Waals surface area contributed by atoms with Gasteiger partial charge in [0, 0.05) is 32.7 Å². The second-order valence-corrected chi connectivity index (χ2v) is 5.79. The van der Waals surface area contributed by atoms with E-state index in [1.165, 1.54) is 12.1 Å². The molecule has 0 amide bonds. The van der Waals surface area contributed by atoms with Gasteiger partial charge in [0.05, 0.1) is 5.69 Å². The van der Waals surface area contributed by atoms with Crippen molar-refractivity contribution in [2.24, 2.45) is 7.05 Å². The molecule has 0 unspecified atom stereocenters. The van der Waals surface area contributed by atoms with Gasteiger partial charge < -0.3 is 4.74 Å². The Balaban J connectivity index is 1.50. The zero-order chi connectivity index (χ0) is 14.1. The first-order chi connectivity index (χ1) is 9.60. The molecule has 20 heavy (non-hydrogen) atoms. The highest BCUT2D eigenvalue weighted by Crippen LogP contribution is 2.21. The van der Waals surface area contributed by atoms with Gasteiger partial charge in [0.15, 0.2) is 0 Å². The Morgan fingerprint density at radius 3 is 2.85 bits per heavy atom. The number of hydrogen-bond donors (Lipinski definition) is 0. The van der Waals surface area contributed by atoms with E-state index in [0.29, 0.717) is 5.75 Å². The molecule has 0 spiro atoms. The van der Waals surface area contributed by atoms with Crippen molar-refractivity contribution in [3.63, 3.8) is 0 Å². The highest BCUT2D eigenvalue weighted by atomic mass is 79.9. The van der Waals surface area contributed by atoms with Crippen molar-refractivity contribution >= 4 is 15.9 Å². The molecule has 0 N–H and O–H groups in total. The molecule has 1 fully saturated rings. The number of aryl methyl sites for hydroxylation is 1. The Morgan fingerprint density at radius 1 is 1.40 bits per heavy atom. The Labute approximate surface area is 125 Å². The minimum Gasteiger partial charge on any atom is -0.488 e. The lowest BCUT2D eigenvalue weighted by molar-refractivity contribution is 0.0130. The average molecular weight is 340 g/mol. The van der Waals surface area contributed by atoms with Crippen molar-refractivity contribution in [1.29, 1.82) is 0 Å². The summed E-state index contributed by atoms with van der Waals surface area (Å²) in [5.74, 6) is 0.330. The van der Waals surface area contributed by atoms with Crippen molar-refractivity contribution in [2.75, 3.05) is 13.1 Å². The van der Waals surface area contributed by atoms with Crippen LogP contribution in [0.5, 0.6) is 5.75 Å². The maximum absolute atomic E-state index is 13.0. The summed E-state index contributed by atoms with van der Waals surface area (Å²) in [5, 5.41) is 4.25. The molecule has 0 bridgehead atoms. The summed E-state index contributed by atoms with van der Waals surface area (Å²) < 4.78 is 21.5. The standard InChI is InChI=1S/C14H15BrFN3O/c1-18-11(6-14(15)17-18)7-19-8-13(9-19)20-12-4-2-3-10(16)5-12/h2-6,13H,7-9H2,1H3. The van der Waals surface area contributed by atoms with Crippen molar-refractivity contribution in [3.8, 4) is 5.75 Å². The molecule has 2 heterocycles. The second-order valence-electron chi connectivity index (χ2n) is 4.97. The fourth-order valence-corrected chi connectivity index (χ4v) is 2.81. The SMILES string of the molecule is Cn1nc(Br)cc1CN1CC(Oc2cccc(F)c2)C1. The molecule has 106 valence electrons. The number of likely N-dealkylation sites (tertiary alicyclic amines) is 1. The normalized spacial score (nSPS) is 16.1. The maximum atomic E-state index is 13.0. The summed E-state index contributed by atoms with van der Waals surface area (Å²) in [5.41, 5.74) is 1.15. The minimum atomic E-state index is -0.265. The quantitative estimate of drug-likeness (QED) is 0.857. The van der Waals surface area contributed by atoms with E-state index in [1.54, 1.807) is 12.1 Å². The molecule has 0 aliphatic carbocycles. The molecule has 4 nitrogen and oxygen atoms in total. The molecular weight excluding hydrogens is 325 g/mol. The molecule has 2 aromatic rings. The summed E-state index contributed by atoms with van der Waals surface area (Å²) >= 11 is 3.37. The summed E-state index contributed by atoms with van der Waals surface area (Å²) in [6.45, 7) is 2.54. The van der Waals surface area contributed by atoms with Crippen molar-refractivity contribution in [3.05, 3.63) is 46.4 Å². The Morgan fingerprint density at radius 2 is 2.20 bits per heavy atom. The Hall–Kier alpha value is -1.40. The second kappa shape index (κ2) is 5.54. The van der Waals surface area contributed by atoms with E-state index in [2.05, 4.69) is 25.9 Å². The third-order valence-corrected chi connectivity index (χ3v) is 3.74. The molecular formula is C14H15BrFN3O.